The summed E-state index contributed by atoms with van der Waals surface area (Å²) in [6, 6.07) is 0.709. The first-order chi connectivity index (χ1) is 7.74. The molecule has 1 rings (SSSR count). The summed E-state index contributed by atoms with van der Waals surface area (Å²) in [6.07, 6.45) is -1.84. The van der Waals surface area contributed by atoms with Gasteiger partial charge in [0.15, 0.2) is 11.6 Å². The van der Waals surface area contributed by atoms with Crippen molar-refractivity contribution in [2.24, 2.45) is 0 Å². The number of rotatable bonds is 4. The number of carboxylic acids is 1. The highest BCUT2D eigenvalue weighted by atomic mass is 35.5. The molecule has 0 bridgehead atoms. The van der Waals surface area contributed by atoms with E-state index in [4.69, 9.17) is 16.7 Å². The maximum absolute atomic E-state index is 13.5. The van der Waals surface area contributed by atoms with Crippen LogP contribution in [0.25, 0.3) is 0 Å². The monoisotopic (exact) mass is 270 g/mol. The van der Waals surface area contributed by atoms with E-state index < -0.39 is 47.0 Å². The van der Waals surface area contributed by atoms with E-state index in [1.165, 1.54) is 0 Å². The van der Waals surface area contributed by atoms with Gasteiger partial charge in [0, 0.05) is 12.0 Å². The van der Waals surface area contributed by atoms with Crippen molar-refractivity contribution in [2.45, 2.75) is 18.8 Å². The van der Waals surface area contributed by atoms with Crippen molar-refractivity contribution < 1.29 is 27.5 Å². The summed E-state index contributed by atoms with van der Waals surface area (Å²) < 4.78 is 52.4. The molecule has 0 saturated heterocycles. The quantitative estimate of drug-likeness (QED) is 0.671. The van der Waals surface area contributed by atoms with Gasteiger partial charge >= 0.3 is 5.97 Å². The molecule has 17 heavy (non-hydrogen) atoms. The van der Waals surface area contributed by atoms with Gasteiger partial charge in [-0.05, 0) is 12.1 Å². The number of aliphatic carboxylic acids is 1. The number of hydrogen-bond donors (Lipinski definition) is 1. The van der Waals surface area contributed by atoms with Crippen LogP contribution in [0.3, 0.4) is 0 Å². The van der Waals surface area contributed by atoms with Gasteiger partial charge in [0.05, 0.1) is 11.4 Å². The molecule has 0 unspecified atom stereocenters. The maximum Gasteiger partial charge on any atom is 0.303 e. The van der Waals surface area contributed by atoms with Gasteiger partial charge in [-0.3, -0.25) is 4.79 Å². The van der Waals surface area contributed by atoms with Crippen LogP contribution in [0, 0.1) is 11.6 Å². The van der Waals surface area contributed by atoms with Gasteiger partial charge in [0.2, 0.25) is 0 Å². The number of halogens is 5. The lowest BCUT2D eigenvalue weighted by atomic mass is 10.0. The average Bonchev–Trinajstić information content (AvgIpc) is 2.20. The van der Waals surface area contributed by atoms with Crippen LogP contribution in [-0.2, 0) is 10.7 Å². The van der Waals surface area contributed by atoms with E-state index in [1.807, 2.05) is 0 Å². The van der Waals surface area contributed by atoms with E-state index >= 15 is 0 Å². The highest BCUT2D eigenvalue weighted by Gasteiger charge is 2.35. The molecule has 1 aromatic rings. The number of carboxylic acid groups (broad SMARTS) is 1. The van der Waals surface area contributed by atoms with E-state index in [2.05, 4.69) is 0 Å². The third-order valence-electron chi connectivity index (χ3n) is 2.06. The number of alkyl halides is 2. The SMILES string of the molecule is O=C(O)CCC(F)(F)c1cc(F)c(F)cc1Cl. The number of carbonyl (C=O) groups is 1. The molecule has 2 nitrogen and oxygen atoms in total. The molecule has 0 saturated carbocycles. The van der Waals surface area contributed by atoms with Gasteiger partial charge in [-0.25, -0.2) is 17.6 Å². The summed E-state index contributed by atoms with van der Waals surface area (Å²) in [5.74, 6) is -7.83. The zero-order valence-corrected chi connectivity index (χ0v) is 9.07. The van der Waals surface area contributed by atoms with Crippen molar-refractivity contribution in [3.05, 3.63) is 34.4 Å². The Morgan fingerprint density at radius 3 is 2.35 bits per heavy atom. The maximum atomic E-state index is 13.5. The van der Waals surface area contributed by atoms with Crippen molar-refractivity contribution in [1.82, 2.24) is 0 Å². The van der Waals surface area contributed by atoms with E-state index in [0.717, 1.165) is 0 Å². The van der Waals surface area contributed by atoms with Crippen LogP contribution in [-0.4, -0.2) is 11.1 Å². The minimum Gasteiger partial charge on any atom is -0.481 e. The normalized spacial score (nSPS) is 11.6. The predicted octanol–water partition coefficient (Wildman–Crippen LogP) is 3.57. The number of hydrogen-bond acceptors (Lipinski definition) is 1. The third kappa shape index (κ3) is 3.33. The zero-order chi connectivity index (χ0) is 13.2. The first kappa shape index (κ1) is 13.8. The molecule has 0 aliphatic carbocycles. The Labute approximate surface area is 98.8 Å². The predicted molar refractivity (Wildman–Crippen MR) is 52.1 cm³/mol. The minimum absolute atomic E-state index is 0.277. The second-order valence-corrected chi connectivity index (χ2v) is 3.75. The van der Waals surface area contributed by atoms with Crippen molar-refractivity contribution in [1.29, 1.82) is 0 Å². The van der Waals surface area contributed by atoms with Crippen LogP contribution < -0.4 is 0 Å². The Morgan fingerprint density at radius 1 is 1.29 bits per heavy atom. The van der Waals surface area contributed by atoms with E-state index in [9.17, 15) is 22.4 Å². The summed E-state index contributed by atoms with van der Waals surface area (Å²) in [5, 5.41) is 7.65. The van der Waals surface area contributed by atoms with E-state index in [-0.39, 0.29) is 6.07 Å². The van der Waals surface area contributed by atoms with Crippen LogP contribution >= 0.6 is 11.6 Å². The van der Waals surface area contributed by atoms with Crippen LogP contribution in [0.5, 0.6) is 0 Å². The molecule has 1 N–H and O–H groups in total. The van der Waals surface area contributed by atoms with Crippen molar-refractivity contribution >= 4 is 17.6 Å². The molecule has 0 spiro atoms. The van der Waals surface area contributed by atoms with Gasteiger partial charge in [-0.15, -0.1) is 0 Å². The molecule has 1 aromatic carbocycles. The Hall–Kier alpha value is -1.30. The molecule has 0 radical (unpaired) electrons. The highest BCUT2D eigenvalue weighted by molar-refractivity contribution is 6.31. The summed E-state index contributed by atoms with van der Waals surface area (Å²) >= 11 is 5.37. The smallest absolute Gasteiger partial charge is 0.303 e. The molecule has 0 aliphatic heterocycles. The standard InChI is InChI=1S/C10H7ClF4O2/c11-6-4-8(13)7(12)3-5(6)10(14,15)2-1-9(16)17/h3-4H,1-2H2,(H,16,17). The fourth-order valence-corrected chi connectivity index (χ4v) is 1.49. The van der Waals surface area contributed by atoms with Gasteiger partial charge in [0.25, 0.3) is 5.92 Å². The van der Waals surface area contributed by atoms with E-state index in [1.54, 1.807) is 0 Å². The van der Waals surface area contributed by atoms with Crippen LogP contribution in [0.2, 0.25) is 5.02 Å². The minimum atomic E-state index is -3.62. The first-order valence-corrected chi connectivity index (χ1v) is 4.86. The summed E-state index contributed by atoms with van der Waals surface area (Å²) in [6.45, 7) is 0. The Bertz CT molecular complexity index is 448. The summed E-state index contributed by atoms with van der Waals surface area (Å²) in [5.41, 5.74) is -0.917. The molecule has 0 atom stereocenters. The molecule has 0 heterocycles. The summed E-state index contributed by atoms with van der Waals surface area (Å²) in [7, 11) is 0. The molecular formula is C10H7ClF4O2. The van der Waals surface area contributed by atoms with Gasteiger partial charge in [-0.1, -0.05) is 11.6 Å². The second-order valence-electron chi connectivity index (χ2n) is 3.34. The fourth-order valence-electron chi connectivity index (χ4n) is 1.20. The molecule has 94 valence electrons. The average molecular weight is 271 g/mol. The zero-order valence-electron chi connectivity index (χ0n) is 8.31. The van der Waals surface area contributed by atoms with Crippen molar-refractivity contribution in [3.8, 4) is 0 Å². The highest BCUT2D eigenvalue weighted by Crippen LogP contribution is 2.38. The largest absolute Gasteiger partial charge is 0.481 e. The number of benzene rings is 1. The first-order valence-electron chi connectivity index (χ1n) is 4.48. The Balaban J connectivity index is 3.05. The summed E-state index contributed by atoms with van der Waals surface area (Å²) in [4.78, 5) is 10.2. The topological polar surface area (TPSA) is 37.3 Å². The van der Waals surface area contributed by atoms with Gasteiger partial charge < -0.3 is 5.11 Å². The Kier molecular flexibility index (Phi) is 3.98. The molecule has 7 heteroatoms. The fraction of sp³-hybridized carbons (Fsp3) is 0.300. The third-order valence-corrected chi connectivity index (χ3v) is 2.37. The van der Waals surface area contributed by atoms with Crippen LogP contribution in [0.1, 0.15) is 18.4 Å². The van der Waals surface area contributed by atoms with Gasteiger partial charge in [-0.2, -0.15) is 0 Å². The molecule has 0 amide bonds. The van der Waals surface area contributed by atoms with Crippen LogP contribution in [0.4, 0.5) is 17.6 Å². The molecule has 0 aromatic heterocycles. The Morgan fingerprint density at radius 2 is 1.82 bits per heavy atom. The lowest BCUT2D eigenvalue weighted by Gasteiger charge is -2.17. The van der Waals surface area contributed by atoms with Crippen molar-refractivity contribution in [3.63, 3.8) is 0 Å². The second kappa shape index (κ2) is 4.91. The van der Waals surface area contributed by atoms with E-state index in [0.29, 0.717) is 6.07 Å². The van der Waals surface area contributed by atoms with Gasteiger partial charge in [0.1, 0.15) is 0 Å². The molecule has 0 fully saturated rings. The lowest BCUT2D eigenvalue weighted by Crippen LogP contribution is -2.16. The molecular weight excluding hydrogens is 264 g/mol. The molecule has 0 aliphatic rings. The lowest BCUT2D eigenvalue weighted by molar-refractivity contribution is -0.139. The van der Waals surface area contributed by atoms with Crippen LogP contribution in [0.15, 0.2) is 12.1 Å². The van der Waals surface area contributed by atoms with Crippen molar-refractivity contribution in [2.75, 3.05) is 0 Å².